The Kier molecular flexibility index (Phi) is 4.90. The Morgan fingerprint density at radius 2 is 1.20 bits per heavy atom. The molecule has 3 rings (SSSR count). The molecule has 0 atom stereocenters. The first kappa shape index (κ1) is 16.8. The van der Waals surface area contributed by atoms with E-state index in [0.717, 1.165) is 22.3 Å². The molecule has 0 fully saturated rings. The van der Waals surface area contributed by atoms with Crippen molar-refractivity contribution >= 4 is 11.6 Å². The summed E-state index contributed by atoms with van der Waals surface area (Å²) in [6, 6.07) is 23.6. The highest BCUT2D eigenvalue weighted by atomic mass is 16.3. The molecule has 0 aromatic heterocycles. The summed E-state index contributed by atoms with van der Waals surface area (Å²) in [4.78, 5) is 0. The second kappa shape index (κ2) is 7.27. The predicted molar refractivity (Wildman–Crippen MR) is 104 cm³/mol. The van der Waals surface area contributed by atoms with Crippen LogP contribution >= 0.6 is 0 Å². The molecule has 3 aromatic carbocycles. The van der Waals surface area contributed by atoms with Gasteiger partial charge in [-0.1, -0.05) is 74.5 Å². The van der Waals surface area contributed by atoms with E-state index < -0.39 is 0 Å². The number of aromatic hydroxyl groups is 2. The van der Waals surface area contributed by atoms with Crippen LogP contribution in [-0.2, 0) is 0 Å². The molecule has 0 amide bonds. The molecule has 25 heavy (non-hydrogen) atoms. The van der Waals surface area contributed by atoms with Gasteiger partial charge in [0.2, 0.25) is 0 Å². The third-order valence-corrected chi connectivity index (χ3v) is 4.22. The zero-order chi connectivity index (χ0) is 17.8. The third kappa shape index (κ3) is 3.74. The van der Waals surface area contributed by atoms with Crippen LogP contribution in [0.15, 0.2) is 72.8 Å². The van der Waals surface area contributed by atoms with E-state index in [2.05, 4.69) is 24.3 Å². The van der Waals surface area contributed by atoms with Crippen molar-refractivity contribution in [1.29, 1.82) is 0 Å². The van der Waals surface area contributed by atoms with Crippen LogP contribution in [-0.4, -0.2) is 10.2 Å². The summed E-state index contributed by atoms with van der Waals surface area (Å²) in [5.41, 5.74) is 4.55. The van der Waals surface area contributed by atoms with Crippen LogP contribution in [0, 0.1) is 0 Å². The number of phenols is 2. The molecule has 3 aromatic rings. The molecule has 0 heterocycles. The van der Waals surface area contributed by atoms with Gasteiger partial charge in [0.05, 0.1) is 0 Å². The molecule has 2 nitrogen and oxygen atoms in total. The molecule has 2 N–H and O–H groups in total. The van der Waals surface area contributed by atoms with Crippen molar-refractivity contribution < 1.29 is 10.2 Å². The minimum atomic E-state index is 0.0562. The van der Waals surface area contributed by atoms with Crippen molar-refractivity contribution in [3.8, 4) is 11.5 Å². The van der Waals surface area contributed by atoms with Crippen LogP contribution in [0.25, 0.3) is 11.6 Å². The third-order valence-electron chi connectivity index (χ3n) is 4.22. The van der Waals surface area contributed by atoms with Crippen LogP contribution in [0.5, 0.6) is 11.5 Å². The Labute approximate surface area is 148 Å². The topological polar surface area (TPSA) is 40.5 Å². The zero-order valence-corrected chi connectivity index (χ0v) is 14.5. The van der Waals surface area contributed by atoms with Gasteiger partial charge in [0, 0.05) is 5.56 Å². The molecule has 0 saturated carbocycles. The quantitative estimate of drug-likeness (QED) is 0.593. The minimum Gasteiger partial charge on any atom is -0.507 e. The number of hydrogen-bond donors (Lipinski definition) is 2. The summed E-state index contributed by atoms with van der Waals surface area (Å²) in [5.74, 6) is 0.309. The van der Waals surface area contributed by atoms with Gasteiger partial charge in [-0.3, -0.25) is 0 Å². The van der Waals surface area contributed by atoms with Crippen LogP contribution in [0.3, 0.4) is 0 Å². The summed E-state index contributed by atoms with van der Waals surface area (Å²) in [7, 11) is 0. The van der Waals surface area contributed by atoms with E-state index >= 15 is 0 Å². The average molecular weight is 330 g/mol. The monoisotopic (exact) mass is 330 g/mol. The molecule has 0 aliphatic heterocycles. The van der Waals surface area contributed by atoms with Gasteiger partial charge in [0.25, 0.3) is 0 Å². The highest BCUT2D eigenvalue weighted by Gasteiger charge is 2.13. The lowest BCUT2D eigenvalue weighted by molar-refractivity contribution is 0.433. The summed E-state index contributed by atoms with van der Waals surface area (Å²) < 4.78 is 0. The van der Waals surface area contributed by atoms with Crippen molar-refractivity contribution in [2.75, 3.05) is 0 Å². The maximum absolute atomic E-state index is 10.3. The van der Waals surface area contributed by atoms with E-state index in [4.69, 9.17) is 0 Å². The standard InChI is InChI=1S/C23H22O2/c1-16(2)23-21(24)14-17(15-22(23)25)13-20(18-9-5-3-6-10-18)19-11-7-4-8-12-19/h3-16,24-25H,1-2H3. The molecular weight excluding hydrogens is 308 g/mol. The predicted octanol–water partition coefficient (Wildman–Crippen LogP) is 5.81. The van der Waals surface area contributed by atoms with Crippen molar-refractivity contribution in [2.45, 2.75) is 19.8 Å². The molecule has 0 radical (unpaired) electrons. The fourth-order valence-corrected chi connectivity index (χ4v) is 3.05. The first-order chi connectivity index (χ1) is 12.1. The highest BCUT2D eigenvalue weighted by molar-refractivity contribution is 5.91. The maximum atomic E-state index is 10.3. The summed E-state index contributed by atoms with van der Waals surface area (Å²) in [6.07, 6.45) is 1.99. The maximum Gasteiger partial charge on any atom is 0.123 e. The number of hydrogen-bond acceptors (Lipinski definition) is 2. The molecule has 0 bridgehead atoms. The van der Waals surface area contributed by atoms with E-state index in [9.17, 15) is 10.2 Å². The van der Waals surface area contributed by atoms with Crippen molar-refractivity contribution in [3.63, 3.8) is 0 Å². The lowest BCUT2D eigenvalue weighted by Gasteiger charge is -2.13. The Bertz CT molecular complexity index is 814. The number of phenolic OH excluding ortho intramolecular Hbond substituents is 2. The van der Waals surface area contributed by atoms with E-state index in [1.165, 1.54) is 0 Å². The van der Waals surface area contributed by atoms with Gasteiger partial charge in [0.1, 0.15) is 11.5 Å². The van der Waals surface area contributed by atoms with Gasteiger partial charge in [-0.2, -0.15) is 0 Å². The molecule has 0 aliphatic carbocycles. The van der Waals surface area contributed by atoms with Gasteiger partial charge in [0.15, 0.2) is 0 Å². The zero-order valence-electron chi connectivity index (χ0n) is 14.5. The van der Waals surface area contributed by atoms with Crippen LogP contribution < -0.4 is 0 Å². The average Bonchev–Trinajstić information content (AvgIpc) is 2.60. The first-order valence-electron chi connectivity index (χ1n) is 8.44. The molecule has 0 aliphatic rings. The van der Waals surface area contributed by atoms with Crippen molar-refractivity contribution in [1.82, 2.24) is 0 Å². The highest BCUT2D eigenvalue weighted by Crippen LogP contribution is 2.36. The SMILES string of the molecule is CC(C)c1c(O)cc(C=C(c2ccccc2)c2ccccc2)cc1O. The van der Waals surface area contributed by atoms with Gasteiger partial charge in [-0.15, -0.1) is 0 Å². The molecule has 0 saturated heterocycles. The molecule has 2 heteroatoms. The number of rotatable bonds is 4. The lowest BCUT2D eigenvalue weighted by atomic mass is 9.94. The van der Waals surface area contributed by atoms with Gasteiger partial charge < -0.3 is 10.2 Å². The smallest absolute Gasteiger partial charge is 0.123 e. The Morgan fingerprint density at radius 1 is 0.760 bits per heavy atom. The molecule has 0 spiro atoms. The van der Waals surface area contributed by atoms with E-state index in [1.807, 2.05) is 56.3 Å². The Morgan fingerprint density at radius 3 is 1.60 bits per heavy atom. The second-order valence-corrected chi connectivity index (χ2v) is 6.42. The van der Waals surface area contributed by atoms with Crippen molar-refractivity contribution in [3.05, 3.63) is 95.1 Å². The summed E-state index contributed by atoms with van der Waals surface area (Å²) in [5, 5.41) is 20.6. The van der Waals surface area contributed by atoms with Crippen LogP contribution in [0.2, 0.25) is 0 Å². The van der Waals surface area contributed by atoms with Crippen LogP contribution in [0.4, 0.5) is 0 Å². The van der Waals surface area contributed by atoms with Crippen molar-refractivity contribution in [2.24, 2.45) is 0 Å². The summed E-state index contributed by atoms with van der Waals surface area (Å²) in [6.45, 7) is 3.90. The molecular formula is C23H22O2. The van der Waals surface area contributed by atoms with Gasteiger partial charge in [-0.25, -0.2) is 0 Å². The fourth-order valence-electron chi connectivity index (χ4n) is 3.05. The van der Waals surface area contributed by atoms with Gasteiger partial charge >= 0.3 is 0 Å². The second-order valence-electron chi connectivity index (χ2n) is 6.42. The summed E-state index contributed by atoms with van der Waals surface area (Å²) >= 11 is 0. The normalized spacial score (nSPS) is 10.7. The number of benzene rings is 3. The minimum absolute atomic E-state index is 0.0562. The van der Waals surface area contributed by atoms with Crippen LogP contribution in [0.1, 0.15) is 42.0 Å². The Balaban J connectivity index is 2.14. The fraction of sp³-hybridized carbons (Fsp3) is 0.130. The Hall–Kier alpha value is -3.00. The molecule has 0 unspecified atom stereocenters. The molecule has 126 valence electrons. The lowest BCUT2D eigenvalue weighted by Crippen LogP contribution is -1.92. The van der Waals surface area contributed by atoms with E-state index in [1.54, 1.807) is 12.1 Å². The first-order valence-corrected chi connectivity index (χ1v) is 8.44. The van der Waals surface area contributed by atoms with E-state index in [0.29, 0.717) is 5.56 Å². The van der Waals surface area contributed by atoms with Gasteiger partial charge in [-0.05, 0) is 46.4 Å². The van der Waals surface area contributed by atoms with E-state index in [-0.39, 0.29) is 17.4 Å². The largest absolute Gasteiger partial charge is 0.507 e.